The molecule has 1 aromatic carbocycles. The molecule has 1 rings (SSSR count). The fourth-order valence-corrected chi connectivity index (χ4v) is 0.849. The van der Waals surface area contributed by atoms with Crippen molar-refractivity contribution in [3.05, 3.63) is 35.9 Å². The fourth-order valence-electron chi connectivity index (χ4n) is 0.849. The molecule has 0 saturated heterocycles. The van der Waals surface area contributed by atoms with Crippen molar-refractivity contribution < 1.29 is 5.73 Å². The predicted molar refractivity (Wildman–Crippen MR) is 85.7 cm³/mol. The van der Waals surface area contributed by atoms with E-state index in [1.807, 2.05) is 6.07 Å². The first-order chi connectivity index (χ1) is 6.16. The monoisotopic (exact) mass is 711 g/mol. The quantitative estimate of drug-likeness (QED) is 0.362. The van der Waals surface area contributed by atoms with E-state index in [2.05, 4.69) is 83.3 Å². The van der Waals surface area contributed by atoms with Crippen molar-refractivity contribution in [1.29, 1.82) is 0 Å². The number of hydrogen-bond acceptors (Lipinski definition) is 0. The number of hydrogen-bond donors (Lipinski definition) is 1. The van der Waals surface area contributed by atoms with Crippen LogP contribution in [0.5, 0.6) is 0 Å². The molecular weight excluding hydrogens is 698 g/mol. The van der Waals surface area contributed by atoms with E-state index in [9.17, 15) is 0 Å². The van der Waals surface area contributed by atoms with Crippen LogP contribution in [0.25, 0.3) is 0 Å². The van der Waals surface area contributed by atoms with Gasteiger partial charge in [0.05, 0.1) is 6.54 Å². The van der Waals surface area contributed by atoms with E-state index in [0.717, 1.165) is 13.0 Å². The van der Waals surface area contributed by atoms with Crippen LogP contribution in [0.2, 0.25) is 0 Å². The van der Waals surface area contributed by atoms with E-state index in [4.69, 9.17) is 0 Å². The average Bonchev–Trinajstić information content (AvgIpc) is 2.06. The Kier molecular flexibility index (Phi) is 12.7. The Labute approximate surface area is 115 Å². The molecule has 0 aliphatic carbocycles. The van der Waals surface area contributed by atoms with Gasteiger partial charge < -0.3 is 5.73 Å². The molecule has 0 radical (unpaired) electrons. The molecule has 5 heteroatoms. The van der Waals surface area contributed by atoms with Gasteiger partial charge in [-0.1, -0.05) is 30.3 Å². The van der Waals surface area contributed by atoms with Crippen molar-refractivity contribution >= 4 is 63.1 Å². The molecule has 0 fully saturated rings. The van der Waals surface area contributed by atoms with Crippen molar-refractivity contribution in [1.82, 2.24) is 0 Å². The molecule has 0 heterocycles. The van der Waals surface area contributed by atoms with Gasteiger partial charge in [-0.15, -0.1) is 0 Å². The summed E-state index contributed by atoms with van der Waals surface area (Å²) < 4.78 is 0. The first-order valence-corrected chi connectivity index (χ1v) is 36.6. The zero-order valence-electron chi connectivity index (χ0n) is 7.14. The van der Waals surface area contributed by atoms with Crippen molar-refractivity contribution in [2.75, 3.05) is 6.54 Å². The average molecular weight is 710 g/mol. The molecule has 0 unspecified atom stereocenters. The second-order valence-electron chi connectivity index (χ2n) is 2.30. The van der Waals surface area contributed by atoms with Gasteiger partial charge in [0, 0.05) is 6.42 Å². The Bertz CT molecular complexity index is 203. The largest absolute Gasteiger partial charge is 0.357 e. The van der Waals surface area contributed by atoms with Gasteiger partial charge in [0.15, 0.2) is 0 Å². The second kappa shape index (κ2) is 10.8. The molecule has 72 valence electrons. The zero-order valence-corrected chi connectivity index (χ0v) is 17.5. The van der Waals surface area contributed by atoms with Crippen molar-refractivity contribution in [2.24, 2.45) is 0 Å². The molecule has 0 aliphatic rings. The molecule has 1 aromatic rings. The van der Waals surface area contributed by atoms with Crippen LogP contribution in [0.3, 0.4) is 0 Å². The Morgan fingerprint density at radius 3 is 1.92 bits per heavy atom. The van der Waals surface area contributed by atoms with Crippen LogP contribution in [-0.4, -0.2) is 16.4 Å². The summed E-state index contributed by atoms with van der Waals surface area (Å²) in [6, 6.07) is 10.4. The van der Waals surface area contributed by atoms with Crippen LogP contribution in [0.4, 0.5) is 0 Å². The number of halogens is 3. The summed E-state index contributed by atoms with van der Waals surface area (Å²) in [6.45, 7) is 0.990. The van der Waals surface area contributed by atoms with Gasteiger partial charge in [0.1, 0.15) is 0 Å². The first kappa shape index (κ1) is 15.3. The minimum atomic E-state index is -0.747. The normalized spacial score (nSPS) is 8.62. The van der Waals surface area contributed by atoms with E-state index in [-0.39, 0.29) is 0 Å². The van der Waals surface area contributed by atoms with Gasteiger partial charge in [0.2, 0.25) is 0 Å². The predicted octanol–water partition coefficient (Wildman–Crippen LogP) is 2.75. The zero-order chi connectivity index (χ0) is 10.1. The molecule has 0 amide bonds. The standard InChI is InChI=1S/C8H11N.3HI.Pb/c9-7-6-8-4-2-1-3-5-8;;;;/h1-5H,6-7,9H2;3*1H;/q;;;;+4/p-2. The van der Waals surface area contributed by atoms with Crippen LogP contribution in [0.1, 0.15) is 5.56 Å². The van der Waals surface area contributed by atoms with Gasteiger partial charge in [0.25, 0.3) is 0 Å². The first-order valence-electron chi connectivity index (χ1n) is 3.83. The minimum Gasteiger partial charge on any atom is -0.357 e. The van der Waals surface area contributed by atoms with Crippen LogP contribution in [0.15, 0.2) is 30.3 Å². The molecule has 0 saturated carbocycles. The van der Waals surface area contributed by atoms with E-state index in [1.165, 1.54) is 5.56 Å². The van der Waals surface area contributed by atoms with Crippen LogP contribution < -0.4 is 5.73 Å². The third kappa shape index (κ3) is 12.2. The molecule has 1 nitrogen and oxygen atoms in total. The van der Waals surface area contributed by atoms with E-state index >= 15 is 0 Å². The second-order valence-corrected chi connectivity index (χ2v) is 86.7. The summed E-state index contributed by atoms with van der Waals surface area (Å²) in [5, 5.41) is 0. The molecule has 0 aliphatic heterocycles. The Hall–Kier alpha value is 2.29. The molecule has 0 bridgehead atoms. The van der Waals surface area contributed by atoms with E-state index < -0.39 is 9.82 Å². The van der Waals surface area contributed by atoms with Gasteiger partial charge in [-0.3, -0.25) is 0 Å². The summed E-state index contributed by atoms with van der Waals surface area (Å²) in [6.07, 6.45) is 1.10. The Morgan fingerprint density at radius 2 is 1.54 bits per heavy atom. The minimum absolute atomic E-state index is 0.747. The van der Waals surface area contributed by atoms with Gasteiger partial charge in [-0.05, 0) is 5.56 Å². The maximum absolute atomic E-state index is 3.78. The third-order valence-electron chi connectivity index (χ3n) is 1.31. The van der Waals surface area contributed by atoms with Crippen LogP contribution in [-0.2, 0) is 6.42 Å². The van der Waals surface area contributed by atoms with Crippen molar-refractivity contribution in [3.8, 4) is 0 Å². The summed E-state index contributed by atoms with van der Waals surface area (Å²) in [7, 11) is -0.747. The Balaban J connectivity index is 0.000000310. The summed E-state index contributed by atoms with van der Waals surface area (Å²) >= 11 is 7.59. The van der Waals surface area contributed by atoms with E-state index in [1.54, 1.807) is 0 Å². The maximum atomic E-state index is 3.78. The van der Waals surface area contributed by atoms with Crippen molar-refractivity contribution in [3.63, 3.8) is 0 Å². The molecular formula is C8H12I3NPb+2. The molecule has 3 N–H and O–H groups in total. The number of benzene rings is 1. The molecule has 0 aromatic heterocycles. The SMILES string of the molecule is [I][Pb+]([I])[I].[NH3+]CCc1ccccc1. The fraction of sp³-hybridized carbons (Fsp3) is 0.250. The summed E-state index contributed by atoms with van der Waals surface area (Å²) in [5.41, 5.74) is 5.16. The smallest absolute Gasteiger partial charge is 0.0780 e. The Morgan fingerprint density at radius 1 is 1.08 bits per heavy atom. The third-order valence-corrected chi connectivity index (χ3v) is 1.31. The van der Waals surface area contributed by atoms with Gasteiger partial charge >= 0.3 is 63.1 Å². The molecule has 0 spiro atoms. The van der Waals surface area contributed by atoms with Crippen LogP contribution in [0, 0.1) is 0 Å². The summed E-state index contributed by atoms with van der Waals surface area (Å²) in [4.78, 5) is 0. The van der Waals surface area contributed by atoms with Crippen LogP contribution >= 0.6 is 53.3 Å². The van der Waals surface area contributed by atoms with Gasteiger partial charge in [-0.25, -0.2) is 0 Å². The maximum Gasteiger partial charge on any atom is 0.0780 e. The summed E-state index contributed by atoms with van der Waals surface area (Å²) in [5.74, 6) is 0. The number of rotatable bonds is 2. The molecule has 13 heavy (non-hydrogen) atoms. The number of quaternary nitrogens is 1. The van der Waals surface area contributed by atoms with Gasteiger partial charge in [-0.2, -0.15) is 0 Å². The molecule has 0 atom stereocenters. The topological polar surface area (TPSA) is 27.6 Å². The van der Waals surface area contributed by atoms with E-state index in [0.29, 0.717) is 0 Å². The van der Waals surface area contributed by atoms with Crippen molar-refractivity contribution in [2.45, 2.75) is 6.42 Å².